The summed E-state index contributed by atoms with van der Waals surface area (Å²) in [5, 5.41) is 13.6. The van der Waals surface area contributed by atoms with Gasteiger partial charge in [-0.1, -0.05) is 6.92 Å². The van der Waals surface area contributed by atoms with Gasteiger partial charge in [-0.15, -0.1) is 5.10 Å². The van der Waals surface area contributed by atoms with Crippen molar-refractivity contribution in [1.29, 1.82) is 0 Å². The lowest BCUT2D eigenvalue weighted by Crippen LogP contribution is -2.52. The molecule has 0 radical (unpaired) electrons. The van der Waals surface area contributed by atoms with E-state index in [4.69, 9.17) is 4.74 Å². The smallest absolute Gasteiger partial charge is 0.263 e. The lowest BCUT2D eigenvalue weighted by molar-refractivity contribution is -0.127. The summed E-state index contributed by atoms with van der Waals surface area (Å²) in [7, 11) is -2.87. The molecule has 0 bridgehead atoms. The number of nitrogens with one attached hydrogen (secondary N) is 1. The van der Waals surface area contributed by atoms with Crippen LogP contribution in [-0.4, -0.2) is 71.9 Å². The molecule has 2 aliphatic heterocycles. The van der Waals surface area contributed by atoms with Crippen LogP contribution in [0.5, 0.6) is 0 Å². The van der Waals surface area contributed by atoms with Gasteiger partial charge < -0.3 is 10.1 Å². The standard InChI is InChI=1S/C17H24F2N6O4S/c1-11-14(17(11,18)19)15(27)22-30(28)6-3-16(4-7-30)8-12(2-5-29-16)21-13(26)9-25-10-20-23-24-25/h10-12,14H,2-9H2,1H3,(H,21,26)/t11-,12?,14+,16?,30?/m1/s1. The van der Waals surface area contributed by atoms with E-state index in [1.165, 1.54) is 17.9 Å². The molecule has 10 nitrogen and oxygen atoms in total. The van der Waals surface area contributed by atoms with Crippen LogP contribution in [0, 0.1) is 11.8 Å². The zero-order chi connectivity index (χ0) is 21.6. The van der Waals surface area contributed by atoms with Crippen molar-refractivity contribution in [3.8, 4) is 0 Å². The Morgan fingerprint density at radius 1 is 1.37 bits per heavy atom. The van der Waals surface area contributed by atoms with Crippen molar-refractivity contribution >= 4 is 21.5 Å². The van der Waals surface area contributed by atoms with Crippen LogP contribution in [0.4, 0.5) is 8.78 Å². The van der Waals surface area contributed by atoms with E-state index in [9.17, 15) is 22.6 Å². The van der Waals surface area contributed by atoms with Gasteiger partial charge in [-0.2, -0.15) is 4.36 Å². The van der Waals surface area contributed by atoms with Gasteiger partial charge in [0.1, 0.15) is 18.8 Å². The minimum atomic E-state index is -3.05. The van der Waals surface area contributed by atoms with Crippen LogP contribution in [0.3, 0.4) is 0 Å². The van der Waals surface area contributed by atoms with E-state index < -0.39 is 39.0 Å². The first-order chi connectivity index (χ1) is 14.1. The molecule has 2 amide bonds. The van der Waals surface area contributed by atoms with Crippen LogP contribution in [-0.2, 0) is 30.6 Å². The highest BCUT2D eigenvalue weighted by Gasteiger charge is 2.69. The molecule has 1 unspecified atom stereocenters. The van der Waals surface area contributed by atoms with E-state index in [-0.39, 0.29) is 30.0 Å². The number of amides is 2. The number of aromatic nitrogens is 4. The molecule has 3 atom stereocenters. The van der Waals surface area contributed by atoms with Crippen LogP contribution in [0.2, 0.25) is 0 Å². The fourth-order valence-electron chi connectivity index (χ4n) is 4.26. The number of tetrazole rings is 1. The molecule has 1 aromatic rings. The van der Waals surface area contributed by atoms with Crippen LogP contribution >= 0.6 is 0 Å². The third kappa shape index (κ3) is 4.22. The molecule has 1 spiro atoms. The van der Waals surface area contributed by atoms with E-state index in [1.807, 2.05) is 0 Å². The molecule has 4 rings (SSSR count). The summed E-state index contributed by atoms with van der Waals surface area (Å²) in [4.78, 5) is 24.3. The maximum Gasteiger partial charge on any atom is 0.263 e. The first-order valence-electron chi connectivity index (χ1n) is 9.91. The van der Waals surface area contributed by atoms with Gasteiger partial charge in [-0.3, -0.25) is 9.59 Å². The monoisotopic (exact) mass is 446 g/mol. The Kier molecular flexibility index (Phi) is 5.37. The van der Waals surface area contributed by atoms with Gasteiger partial charge in [0, 0.05) is 30.1 Å². The van der Waals surface area contributed by atoms with Crippen molar-refractivity contribution < 1.29 is 27.3 Å². The predicted octanol–water partition coefficient (Wildman–Crippen LogP) is 0.397. The third-order valence-corrected chi connectivity index (χ3v) is 8.44. The summed E-state index contributed by atoms with van der Waals surface area (Å²) in [5.41, 5.74) is -0.554. The normalized spacial score (nSPS) is 34.3. The summed E-state index contributed by atoms with van der Waals surface area (Å²) < 4.78 is 50.8. The molecule has 3 aliphatic rings. The topological polar surface area (TPSA) is 128 Å². The maximum absolute atomic E-state index is 13.4. The number of carbonyl (C=O) groups is 2. The zero-order valence-electron chi connectivity index (χ0n) is 16.5. The van der Waals surface area contributed by atoms with Crippen LogP contribution in [0.15, 0.2) is 10.7 Å². The Bertz CT molecular complexity index is 932. The zero-order valence-corrected chi connectivity index (χ0v) is 17.3. The summed E-state index contributed by atoms with van der Waals surface area (Å²) in [6, 6.07) is -0.110. The number of ether oxygens (including phenoxy) is 1. The molecule has 1 aliphatic carbocycles. The summed E-state index contributed by atoms with van der Waals surface area (Å²) in [6.07, 6.45) is 3.36. The molecular weight excluding hydrogens is 422 g/mol. The fourth-order valence-corrected chi connectivity index (χ4v) is 6.47. The molecule has 0 aromatic carbocycles. The average molecular weight is 446 g/mol. The van der Waals surface area contributed by atoms with Crippen LogP contribution < -0.4 is 5.32 Å². The van der Waals surface area contributed by atoms with Crippen molar-refractivity contribution in [3.05, 3.63) is 6.33 Å². The minimum absolute atomic E-state index is 0.0103. The van der Waals surface area contributed by atoms with Crippen molar-refractivity contribution in [1.82, 2.24) is 25.5 Å². The van der Waals surface area contributed by atoms with Crippen molar-refractivity contribution in [2.24, 2.45) is 16.2 Å². The Labute approximate surface area is 172 Å². The molecule has 3 fully saturated rings. The molecule has 166 valence electrons. The number of nitrogens with zero attached hydrogens (tertiary/aromatic N) is 5. The predicted molar refractivity (Wildman–Crippen MR) is 99.8 cm³/mol. The van der Waals surface area contributed by atoms with E-state index in [0.29, 0.717) is 32.3 Å². The Balaban J connectivity index is 1.34. The molecule has 1 N–H and O–H groups in total. The molecule has 2 saturated heterocycles. The quantitative estimate of drug-likeness (QED) is 0.709. The molecule has 30 heavy (non-hydrogen) atoms. The van der Waals surface area contributed by atoms with E-state index in [1.54, 1.807) is 0 Å². The van der Waals surface area contributed by atoms with Crippen LogP contribution in [0.25, 0.3) is 0 Å². The second kappa shape index (κ2) is 7.59. The van der Waals surface area contributed by atoms with Crippen molar-refractivity contribution in [2.45, 2.75) is 56.7 Å². The molecule has 3 heterocycles. The SMILES string of the molecule is C[C@@H]1[C@@H](C(=O)N=S2(=O)CCC3(CC2)CC(NC(=O)Cn2cnnn2)CCO3)C1(F)F. The first-order valence-corrected chi connectivity index (χ1v) is 11.8. The number of hydrogen-bond donors (Lipinski definition) is 1. The molecule has 1 aromatic heterocycles. The Morgan fingerprint density at radius 3 is 2.67 bits per heavy atom. The van der Waals surface area contributed by atoms with Crippen molar-refractivity contribution in [2.75, 3.05) is 18.1 Å². The summed E-state index contributed by atoms with van der Waals surface area (Å²) in [5.74, 6) is -6.47. The minimum Gasteiger partial charge on any atom is -0.375 e. The van der Waals surface area contributed by atoms with Gasteiger partial charge in [-0.25, -0.2) is 17.7 Å². The average Bonchev–Trinajstić information content (AvgIpc) is 3.00. The van der Waals surface area contributed by atoms with Gasteiger partial charge in [0.05, 0.1) is 15.3 Å². The van der Waals surface area contributed by atoms with E-state index >= 15 is 0 Å². The van der Waals surface area contributed by atoms with Crippen LogP contribution in [0.1, 0.15) is 32.6 Å². The van der Waals surface area contributed by atoms with Gasteiger partial charge >= 0.3 is 0 Å². The largest absolute Gasteiger partial charge is 0.375 e. The second-order valence-electron chi connectivity index (χ2n) is 8.35. The van der Waals surface area contributed by atoms with E-state index in [0.717, 1.165) is 0 Å². The second-order valence-corrected chi connectivity index (χ2v) is 10.9. The first kappa shape index (κ1) is 21.2. The lowest BCUT2D eigenvalue weighted by atomic mass is 9.85. The number of alkyl halides is 2. The summed E-state index contributed by atoms with van der Waals surface area (Å²) >= 11 is 0. The maximum atomic E-state index is 13.4. The lowest BCUT2D eigenvalue weighted by Gasteiger charge is -2.44. The number of halogens is 2. The molecule has 13 heteroatoms. The summed E-state index contributed by atoms with van der Waals surface area (Å²) in [6.45, 7) is 1.75. The van der Waals surface area contributed by atoms with Gasteiger partial charge in [0.2, 0.25) is 5.91 Å². The number of carbonyl (C=O) groups excluding carboxylic acids is 2. The van der Waals surface area contributed by atoms with Crippen molar-refractivity contribution in [3.63, 3.8) is 0 Å². The number of hydrogen-bond acceptors (Lipinski definition) is 7. The Hall–Kier alpha value is -2.02. The molecule has 1 saturated carbocycles. The Morgan fingerprint density at radius 2 is 2.07 bits per heavy atom. The molecular formula is C17H24F2N6O4S. The highest BCUT2D eigenvalue weighted by Crippen LogP contribution is 2.55. The highest BCUT2D eigenvalue weighted by atomic mass is 32.2. The highest BCUT2D eigenvalue weighted by molar-refractivity contribution is 7.93. The third-order valence-electron chi connectivity index (χ3n) is 6.24. The van der Waals surface area contributed by atoms with Gasteiger partial charge in [0.15, 0.2) is 0 Å². The fraction of sp³-hybridized carbons (Fsp3) is 0.824. The van der Waals surface area contributed by atoms with Gasteiger partial charge in [-0.05, 0) is 36.1 Å². The van der Waals surface area contributed by atoms with Gasteiger partial charge in [0.25, 0.3) is 11.8 Å². The number of rotatable bonds is 4. The van der Waals surface area contributed by atoms with E-state index in [2.05, 4.69) is 25.2 Å².